The second kappa shape index (κ2) is 11.3. The van der Waals surface area contributed by atoms with Crippen molar-refractivity contribution in [2.24, 2.45) is 0 Å². The lowest BCUT2D eigenvalue weighted by Gasteiger charge is -2.12. The minimum atomic E-state index is -1.12. The van der Waals surface area contributed by atoms with Gasteiger partial charge in [0, 0.05) is 17.3 Å². The number of ether oxygens (including phenoxy) is 1. The Hall–Kier alpha value is -4.33. The highest BCUT2D eigenvalue weighted by Crippen LogP contribution is 2.16. The highest BCUT2D eigenvalue weighted by atomic mass is 16.5. The number of hydrogen-bond acceptors (Lipinski definition) is 5. The minimum Gasteiger partial charge on any atom is -0.494 e. The summed E-state index contributed by atoms with van der Waals surface area (Å²) in [5.74, 6) is -1.24. The maximum Gasteiger partial charge on any atom is 0.335 e. The quantitative estimate of drug-likeness (QED) is 0.309. The molecule has 2 amide bonds. The first-order valence-electron chi connectivity index (χ1n) is 10.4. The molecule has 0 atom stereocenters. The van der Waals surface area contributed by atoms with Crippen LogP contribution in [0, 0.1) is 0 Å². The van der Waals surface area contributed by atoms with E-state index in [-0.39, 0.29) is 16.9 Å². The molecule has 0 radical (unpaired) electrons. The SMILES string of the molecule is CCCCOc1ccc(C(=O)N/C(=C\c2ccco2)C(=O)Nc2cccc(C(=O)O)c2)cc1. The van der Waals surface area contributed by atoms with Gasteiger partial charge in [-0.25, -0.2) is 4.79 Å². The predicted octanol–water partition coefficient (Wildman–Crippen LogP) is 4.57. The van der Waals surface area contributed by atoms with Crippen molar-refractivity contribution < 1.29 is 28.6 Å². The summed E-state index contributed by atoms with van der Waals surface area (Å²) in [4.78, 5) is 36.8. The standard InChI is InChI=1S/C25H24N2O6/c1-2-3-13-32-20-11-9-17(10-12-20)23(28)27-22(16-21-8-5-14-33-21)24(29)26-19-7-4-6-18(15-19)25(30)31/h4-12,14-16H,2-3,13H2,1H3,(H,26,29)(H,27,28)(H,30,31)/b22-16-. The van der Waals surface area contributed by atoms with Crippen LogP contribution in [0.15, 0.2) is 77.0 Å². The van der Waals surface area contributed by atoms with E-state index in [9.17, 15) is 14.4 Å². The molecule has 3 aromatic rings. The van der Waals surface area contributed by atoms with E-state index < -0.39 is 17.8 Å². The lowest BCUT2D eigenvalue weighted by Crippen LogP contribution is -2.30. The first-order valence-corrected chi connectivity index (χ1v) is 10.4. The first-order chi connectivity index (χ1) is 16.0. The van der Waals surface area contributed by atoms with Crippen LogP contribution in [0.2, 0.25) is 0 Å². The molecule has 170 valence electrons. The molecule has 0 bridgehead atoms. The normalized spacial score (nSPS) is 11.0. The molecule has 3 N–H and O–H groups in total. The van der Waals surface area contributed by atoms with E-state index in [1.165, 1.54) is 30.5 Å². The van der Waals surface area contributed by atoms with Gasteiger partial charge in [0.05, 0.1) is 18.4 Å². The molecule has 0 aliphatic carbocycles. The summed E-state index contributed by atoms with van der Waals surface area (Å²) in [6, 6.07) is 15.7. The lowest BCUT2D eigenvalue weighted by molar-refractivity contribution is -0.113. The molecule has 0 saturated heterocycles. The van der Waals surface area contributed by atoms with Gasteiger partial charge < -0.3 is 24.9 Å². The Bertz CT molecular complexity index is 1130. The number of aromatic carboxylic acids is 1. The Morgan fingerprint density at radius 2 is 1.82 bits per heavy atom. The van der Waals surface area contributed by atoms with Crippen LogP contribution in [0.5, 0.6) is 5.75 Å². The average Bonchev–Trinajstić information content (AvgIpc) is 3.32. The number of rotatable bonds is 10. The van der Waals surface area contributed by atoms with Gasteiger partial charge in [-0.3, -0.25) is 9.59 Å². The fraction of sp³-hybridized carbons (Fsp3) is 0.160. The van der Waals surface area contributed by atoms with Crippen LogP contribution in [0.3, 0.4) is 0 Å². The molecule has 33 heavy (non-hydrogen) atoms. The third-order valence-electron chi connectivity index (χ3n) is 4.57. The number of carbonyl (C=O) groups excluding carboxylic acids is 2. The van der Waals surface area contributed by atoms with Crippen molar-refractivity contribution in [3.05, 3.63) is 89.5 Å². The van der Waals surface area contributed by atoms with Gasteiger partial charge in [0.2, 0.25) is 0 Å². The maximum atomic E-state index is 12.9. The van der Waals surface area contributed by atoms with Gasteiger partial charge in [0.1, 0.15) is 17.2 Å². The Balaban J connectivity index is 1.76. The monoisotopic (exact) mass is 448 g/mol. The molecule has 0 fully saturated rings. The second-order valence-electron chi connectivity index (χ2n) is 7.09. The lowest BCUT2D eigenvalue weighted by atomic mass is 10.2. The van der Waals surface area contributed by atoms with E-state index >= 15 is 0 Å². The van der Waals surface area contributed by atoms with Crippen LogP contribution in [-0.2, 0) is 4.79 Å². The second-order valence-corrected chi connectivity index (χ2v) is 7.09. The predicted molar refractivity (Wildman–Crippen MR) is 123 cm³/mol. The van der Waals surface area contributed by atoms with Gasteiger partial charge in [0.15, 0.2) is 0 Å². The Kier molecular flexibility index (Phi) is 8.02. The van der Waals surface area contributed by atoms with Crippen molar-refractivity contribution >= 4 is 29.5 Å². The van der Waals surface area contributed by atoms with E-state index in [1.807, 2.05) is 0 Å². The van der Waals surface area contributed by atoms with E-state index in [0.717, 1.165) is 12.8 Å². The molecular formula is C25H24N2O6. The zero-order chi connectivity index (χ0) is 23.6. The third-order valence-corrected chi connectivity index (χ3v) is 4.57. The van der Waals surface area contributed by atoms with Crippen LogP contribution in [0.25, 0.3) is 6.08 Å². The van der Waals surface area contributed by atoms with Crippen molar-refractivity contribution in [2.45, 2.75) is 19.8 Å². The third kappa shape index (κ3) is 6.83. The van der Waals surface area contributed by atoms with Gasteiger partial charge in [-0.2, -0.15) is 0 Å². The number of unbranched alkanes of at least 4 members (excludes halogenated alkanes) is 1. The molecule has 1 heterocycles. The molecule has 2 aromatic carbocycles. The summed E-state index contributed by atoms with van der Waals surface area (Å²) < 4.78 is 10.9. The number of amides is 2. The molecule has 0 saturated carbocycles. The van der Waals surface area contributed by atoms with Crippen molar-refractivity contribution in [2.75, 3.05) is 11.9 Å². The molecule has 0 aliphatic heterocycles. The van der Waals surface area contributed by atoms with E-state index in [2.05, 4.69) is 17.6 Å². The number of furan rings is 1. The molecule has 1 aromatic heterocycles. The van der Waals surface area contributed by atoms with E-state index in [1.54, 1.807) is 42.5 Å². The smallest absolute Gasteiger partial charge is 0.335 e. The van der Waals surface area contributed by atoms with Crippen LogP contribution in [0.4, 0.5) is 5.69 Å². The molecule has 0 unspecified atom stereocenters. The molecule has 8 heteroatoms. The molecule has 8 nitrogen and oxygen atoms in total. The van der Waals surface area contributed by atoms with Gasteiger partial charge >= 0.3 is 5.97 Å². The zero-order valence-electron chi connectivity index (χ0n) is 18.0. The number of carboxylic acids is 1. The molecule has 0 aliphatic rings. The minimum absolute atomic E-state index is 0.0228. The summed E-state index contributed by atoms with van der Waals surface area (Å²) >= 11 is 0. The van der Waals surface area contributed by atoms with Crippen molar-refractivity contribution in [1.82, 2.24) is 5.32 Å². The Morgan fingerprint density at radius 1 is 1.03 bits per heavy atom. The number of anilines is 1. The molecule has 0 spiro atoms. The van der Waals surface area contributed by atoms with Gasteiger partial charge in [-0.1, -0.05) is 19.4 Å². The van der Waals surface area contributed by atoms with E-state index in [4.69, 9.17) is 14.3 Å². The van der Waals surface area contributed by atoms with E-state index in [0.29, 0.717) is 23.7 Å². The number of carboxylic acid groups (broad SMARTS) is 1. The number of carbonyl (C=O) groups is 3. The largest absolute Gasteiger partial charge is 0.494 e. The van der Waals surface area contributed by atoms with Crippen molar-refractivity contribution in [3.8, 4) is 5.75 Å². The van der Waals surface area contributed by atoms with Crippen LogP contribution in [-0.4, -0.2) is 29.5 Å². The Morgan fingerprint density at radius 3 is 2.48 bits per heavy atom. The topological polar surface area (TPSA) is 118 Å². The summed E-state index contributed by atoms with van der Waals surface area (Å²) in [6.07, 6.45) is 4.79. The number of nitrogens with one attached hydrogen (secondary N) is 2. The Labute approximate surface area is 190 Å². The average molecular weight is 448 g/mol. The zero-order valence-corrected chi connectivity index (χ0v) is 18.0. The number of hydrogen-bond donors (Lipinski definition) is 3. The van der Waals surface area contributed by atoms with Crippen LogP contribution < -0.4 is 15.4 Å². The fourth-order valence-electron chi connectivity index (χ4n) is 2.83. The summed E-state index contributed by atoms with van der Waals surface area (Å²) in [5, 5.41) is 14.3. The molecular weight excluding hydrogens is 424 g/mol. The summed E-state index contributed by atoms with van der Waals surface area (Å²) in [7, 11) is 0. The summed E-state index contributed by atoms with van der Waals surface area (Å²) in [6.45, 7) is 2.67. The first kappa shape index (κ1) is 23.3. The van der Waals surface area contributed by atoms with Crippen molar-refractivity contribution in [3.63, 3.8) is 0 Å². The fourth-order valence-corrected chi connectivity index (χ4v) is 2.83. The molecule has 3 rings (SSSR count). The van der Waals surface area contributed by atoms with Gasteiger partial charge in [0.25, 0.3) is 11.8 Å². The highest BCUT2D eigenvalue weighted by molar-refractivity contribution is 6.10. The van der Waals surface area contributed by atoms with Gasteiger partial charge in [-0.05, 0) is 61.0 Å². The highest BCUT2D eigenvalue weighted by Gasteiger charge is 2.16. The van der Waals surface area contributed by atoms with Crippen molar-refractivity contribution in [1.29, 1.82) is 0 Å². The van der Waals surface area contributed by atoms with Crippen LogP contribution >= 0.6 is 0 Å². The van der Waals surface area contributed by atoms with Gasteiger partial charge in [-0.15, -0.1) is 0 Å². The number of benzene rings is 2. The summed E-state index contributed by atoms with van der Waals surface area (Å²) in [5.41, 5.74) is 0.561. The van der Waals surface area contributed by atoms with Crippen LogP contribution in [0.1, 0.15) is 46.2 Å². The maximum absolute atomic E-state index is 12.9.